The Labute approximate surface area is 227 Å². The minimum absolute atomic E-state index is 0.0399. The number of hydrogen-bond acceptors (Lipinski definition) is 3. The molecule has 0 saturated carbocycles. The van der Waals surface area contributed by atoms with Crippen molar-refractivity contribution in [3.8, 4) is 0 Å². The minimum Gasteiger partial charge on any atom is -0.344 e. The highest BCUT2D eigenvalue weighted by atomic mass is 16.2. The van der Waals surface area contributed by atoms with Crippen LogP contribution in [-0.2, 0) is 20.0 Å². The topological polar surface area (TPSA) is 56.0 Å². The molecule has 0 spiro atoms. The third kappa shape index (κ3) is 4.00. The summed E-state index contributed by atoms with van der Waals surface area (Å²) in [5, 5.41) is 10.6. The number of carbonyl (C=O) groups is 1. The van der Waals surface area contributed by atoms with Crippen LogP contribution in [-0.4, -0.2) is 36.7 Å². The summed E-state index contributed by atoms with van der Waals surface area (Å²) in [6.45, 7) is 1.31. The van der Waals surface area contributed by atoms with Crippen molar-refractivity contribution in [2.45, 2.75) is 24.9 Å². The number of nitrogens with zero attached hydrogens (tertiary/aromatic N) is 5. The second kappa shape index (κ2) is 9.55. The Kier molecular flexibility index (Phi) is 5.73. The predicted octanol–water partition coefficient (Wildman–Crippen LogP) is 6.15. The fraction of sp³-hybridized carbons (Fsp3) is 0.182. The number of aryl methyl sites for hydroxylation is 1. The van der Waals surface area contributed by atoms with Gasteiger partial charge < -0.3 is 14.0 Å². The highest BCUT2D eigenvalue weighted by molar-refractivity contribution is 6.08. The third-order valence-electron chi connectivity index (χ3n) is 8.21. The molecule has 0 radical (unpaired) electrons. The molecule has 1 aliphatic heterocycles. The van der Waals surface area contributed by atoms with E-state index in [-0.39, 0.29) is 17.9 Å². The van der Waals surface area contributed by atoms with Crippen LogP contribution in [0.25, 0.3) is 21.8 Å². The van der Waals surface area contributed by atoms with Crippen LogP contribution in [0.3, 0.4) is 0 Å². The number of para-hydroxylation sites is 1. The van der Waals surface area contributed by atoms with E-state index in [9.17, 15) is 4.79 Å². The van der Waals surface area contributed by atoms with Crippen molar-refractivity contribution >= 4 is 27.7 Å². The number of fused-ring (bicyclic) bond motifs is 4. The monoisotopic (exact) mass is 511 g/mol. The van der Waals surface area contributed by atoms with E-state index in [1.807, 2.05) is 28.8 Å². The normalized spacial score (nSPS) is 17.2. The molecule has 7 rings (SSSR count). The van der Waals surface area contributed by atoms with E-state index in [0.717, 1.165) is 23.1 Å². The molecule has 0 N–H and O–H groups in total. The van der Waals surface area contributed by atoms with Crippen LogP contribution in [0.2, 0.25) is 0 Å². The molecule has 2 atom stereocenters. The number of hydrogen-bond donors (Lipinski definition) is 0. The maximum atomic E-state index is 14.1. The van der Waals surface area contributed by atoms with Gasteiger partial charge in [0.2, 0.25) is 0 Å². The molecule has 4 aromatic carbocycles. The van der Waals surface area contributed by atoms with Crippen LogP contribution in [0.4, 0.5) is 0 Å². The fourth-order valence-corrected chi connectivity index (χ4v) is 6.34. The van der Waals surface area contributed by atoms with Gasteiger partial charge in [0.05, 0.1) is 6.04 Å². The number of benzene rings is 4. The van der Waals surface area contributed by atoms with Gasteiger partial charge in [-0.1, -0.05) is 72.8 Å². The average Bonchev–Trinajstić information content (AvgIpc) is 3.60. The van der Waals surface area contributed by atoms with Crippen LogP contribution in [0.1, 0.15) is 39.0 Å². The van der Waals surface area contributed by atoms with Crippen LogP contribution in [0.5, 0.6) is 0 Å². The minimum atomic E-state index is -0.137. The lowest BCUT2D eigenvalue weighted by atomic mass is 9.79. The van der Waals surface area contributed by atoms with Gasteiger partial charge in [0.1, 0.15) is 12.7 Å². The Morgan fingerprint density at radius 1 is 0.769 bits per heavy atom. The van der Waals surface area contributed by atoms with E-state index >= 15 is 0 Å². The molecule has 6 nitrogen and oxygen atoms in total. The molecule has 6 heteroatoms. The van der Waals surface area contributed by atoms with Gasteiger partial charge in [-0.05, 0) is 47.4 Å². The highest BCUT2D eigenvalue weighted by Crippen LogP contribution is 2.45. The zero-order chi connectivity index (χ0) is 26.3. The van der Waals surface area contributed by atoms with Crippen molar-refractivity contribution in [2.75, 3.05) is 6.54 Å². The number of rotatable bonds is 6. The van der Waals surface area contributed by atoms with Gasteiger partial charge in [0.25, 0.3) is 5.91 Å². The van der Waals surface area contributed by atoms with Gasteiger partial charge in [0.15, 0.2) is 0 Å². The molecule has 0 aliphatic carbocycles. The Morgan fingerprint density at radius 2 is 1.49 bits per heavy atom. The molecule has 2 aromatic heterocycles. The first-order valence-corrected chi connectivity index (χ1v) is 13.4. The van der Waals surface area contributed by atoms with Crippen molar-refractivity contribution in [1.29, 1.82) is 0 Å². The molecular weight excluding hydrogens is 482 g/mol. The Balaban J connectivity index is 1.40. The molecular formula is C33H29N5O. The van der Waals surface area contributed by atoms with Crippen molar-refractivity contribution < 1.29 is 4.79 Å². The van der Waals surface area contributed by atoms with E-state index in [1.54, 1.807) is 12.7 Å². The summed E-state index contributed by atoms with van der Waals surface area (Å²) in [7, 11) is 2.12. The molecule has 1 aliphatic rings. The lowest BCUT2D eigenvalue weighted by Gasteiger charge is -2.43. The average molecular weight is 512 g/mol. The van der Waals surface area contributed by atoms with Gasteiger partial charge in [-0.15, -0.1) is 10.2 Å². The molecule has 1 amide bonds. The fourth-order valence-electron chi connectivity index (χ4n) is 6.34. The first-order valence-electron chi connectivity index (χ1n) is 13.4. The van der Waals surface area contributed by atoms with Crippen molar-refractivity contribution in [3.05, 3.63) is 132 Å². The Bertz CT molecular complexity index is 1790. The Morgan fingerprint density at radius 3 is 2.33 bits per heavy atom. The Hall–Kier alpha value is -4.71. The maximum absolute atomic E-state index is 14.1. The van der Waals surface area contributed by atoms with Crippen LogP contribution >= 0.6 is 0 Å². The van der Waals surface area contributed by atoms with Gasteiger partial charge in [-0.3, -0.25) is 4.79 Å². The van der Waals surface area contributed by atoms with Gasteiger partial charge in [-0.2, -0.15) is 0 Å². The van der Waals surface area contributed by atoms with Crippen molar-refractivity contribution in [3.63, 3.8) is 0 Å². The van der Waals surface area contributed by atoms with Gasteiger partial charge in [-0.25, -0.2) is 0 Å². The van der Waals surface area contributed by atoms with Crippen molar-refractivity contribution in [1.82, 2.24) is 24.2 Å². The van der Waals surface area contributed by atoms with E-state index in [2.05, 4.69) is 99.5 Å². The quantitative estimate of drug-likeness (QED) is 0.270. The zero-order valence-electron chi connectivity index (χ0n) is 21.8. The summed E-state index contributed by atoms with van der Waals surface area (Å²) in [5.74, 6) is 0.127. The number of aromatic nitrogens is 4. The zero-order valence-corrected chi connectivity index (χ0v) is 21.8. The molecule has 192 valence electrons. The molecule has 39 heavy (non-hydrogen) atoms. The smallest absolute Gasteiger partial charge is 0.254 e. The summed E-state index contributed by atoms with van der Waals surface area (Å²) in [5.41, 5.74) is 6.63. The van der Waals surface area contributed by atoms with Gasteiger partial charge in [0, 0.05) is 53.4 Å². The summed E-state index contributed by atoms with van der Waals surface area (Å²) >= 11 is 0. The summed E-state index contributed by atoms with van der Waals surface area (Å²) in [6.07, 6.45) is 4.32. The second-order valence-electron chi connectivity index (χ2n) is 10.4. The van der Waals surface area contributed by atoms with Crippen molar-refractivity contribution in [2.24, 2.45) is 7.05 Å². The predicted molar refractivity (Wildman–Crippen MR) is 154 cm³/mol. The lowest BCUT2D eigenvalue weighted by molar-refractivity contribution is 0.0599. The molecule has 0 fully saturated rings. The molecule has 6 aromatic rings. The lowest BCUT2D eigenvalue weighted by Crippen LogP contribution is -2.44. The maximum Gasteiger partial charge on any atom is 0.254 e. The third-order valence-corrected chi connectivity index (χ3v) is 8.21. The molecule has 0 unspecified atom stereocenters. The second-order valence-corrected chi connectivity index (χ2v) is 10.4. The van der Waals surface area contributed by atoms with E-state index in [0.29, 0.717) is 13.1 Å². The van der Waals surface area contributed by atoms with Gasteiger partial charge >= 0.3 is 0 Å². The SMILES string of the molecule is Cn1c2ccccc2c2cc([C@@H]3[C@@H](Cn4cnnc4)c4ccccc4C(=O)N3CCc3ccccc3)ccc21. The first kappa shape index (κ1) is 23.4. The number of carbonyl (C=O) groups excluding carboxylic acids is 1. The summed E-state index contributed by atoms with van der Waals surface area (Å²) in [6, 6.07) is 33.6. The van der Waals surface area contributed by atoms with E-state index in [4.69, 9.17) is 0 Å². The first-order chi connectivity index (χ1) is 19.2. The van der Waals surface area contributed by atoms with E-state index in [1.165, 1.54) is 27.4 Å². The summed E-state index contributed by atoms with van der Waals surface area (Å²) < 4.78 is 4.27. The van der Waals surface area contributed by atoms with Crippen LogP contribution in [0, 0.1) is 0 Å². The summed E-state index contributed by atoms with van der Waals surface area (Å²) in [4.78, 5) is 16.2. The molecule has 3 heterocycles. The van der Waals surface area contributed by atoms with E-state index < -0.39 is 0 Å². The standard InChI is InChI=1S/C33H29N5O/c1-36-30-14-8-7-12-26(30)28-19-24(15-16-31(28)36)32-29(20-37-21-34-35-22-37)25-11-5-6-13-27(25)33(39)38(32)18-17-23-9-3-2-4-10-23/h2-16,19,21-22,29,32H,17-18,20H2,1H3/t29-,32+/m0/s1. The molecule has 0 saturated heterocycles. The van der Waals surface area contributed by atoms with Crippen LogP contribution in [0.15, 0.2) is 110 Å². The largest absolute Gasteiger partial charge is 0.344 e. The number of amides is 1. The molecule has 0 bridgehead atoms. The highest BCUT2D eigenvalue weighted by Gasteiger charge is 2.40. The van der Waals surface area contributed by atoms with Crippen LogP contribution < -0.4 is 0 Å².